The van der Waals surface area contributed by atoms with Gasteiger partial charge in [0.25, 0.3) is 0 Å². The first-order valence-corrected chi connectivity index (χ1v) is 7.27. The van der Waals surface area contributed by atoms with E-state index in [1.807, 2.05) is 0 Å². The van der Waals surface area contributed by atoms with Crippen molar-refractivity contribution in [3.8, 4) is 0 Å². The largest absolute Gasteiger partial charge is 0.442 e. The molecule has 19 heavy (non-hydrogen) atoms. The molecule has 0 rings (SSSR count). The quantitative estimate of drug-likeness (QED) is 0.373. The van der Waals surface area contributed by atoms with Gasteiger partial charge >= 0.3 is 6.09 Å². The molecule has 0 bridgehead atoms. The summed E-state index contributed by atoms with van der Waals surface area (Å²) in [6.45, 7) is 8.86. The number of carbonyl (C=O) groups is 2. The Hall–Kier alpha value is -1.30. The van der Waals surface area contributed by atoms with Gasteiger partial charge < -0.3 is 10.1 Å². The summed E-state index contributed by atoms with van der Waals surface area (Å²) < 4.78 is 5.05. The third-order valence-electron chi connectivity index (χ3n) is 1.84. The molecule has 0 aliphatic heterocycles. The van der Waals surface area contributed by atoms with Gasteiger partial charge in [-0.3, -0.25) is 4.79 Å². The Bertz CT molecular complexity index is 359. The lowest BCUT2D eigenvalue weighted by atomic mass is 10.2. The van der Waals surface area contributed by atoms with Gasteiger partial charge in [0.05, 0.1) is 0 Å². The second-order valence-electron chi connectivity index (χ2n) is 4.83. The average Bonchev–Trinajstić information content (AvgIpc) is 2.25. The van der Waals surface area contributed by atoms with Crippen molar-refractivity contribution < 1.29 is 14.3 Å². The molecule has 0 aromatic carbocycles. The molecule has 0 radical (unpaired) electrons. The molecule has 0 saturated heterocycles. The SMILES string of the molecule is C=CCCCC(=O)N/C(=N/C(=O)OC(C)(C)C)SC. The van der Waals surface area contributed by atoms with Crippen LogP contribution in [0.15, 0.2) is 17.6 Å². The maximum Gasteiger partial charge on any atom is 0.436 e. The monoisotopic (exact) mass is 286 g/mol. The Morgan fingerprint density at radius 1 is 1.42 bits per heavy atom. The average molecular weight is 286 g/mol. The molecule has 2 amide bonds. The molecule has 0 aliphatic rings. The van der Waals surface area contributed by atoms with Crippen molar-refractivity contribution in [1.82, 2.24) is 5.32 Å². The normalized spacial score (nSPS) is 11.9. The van der Waals surface area contributed by atoms with E-state index in [1.54, 1.807) is 33.1 Å². The van der Waals surface area contributed by atoms with Gasteiger partial charge in [0.1, 0.15) is 5.60 Å². The molecule has 0 saturated carbocycles. The molecular weight excluding hydrogens is 264 g/mol. The molecule has 5 nitrogen and oxygen atoms in total. The van der Waals surface area contributed by atoms with Crippen LogP contribution in [0.2, 0.25) is 0 Å². The maximum absolute atomic E-state index is 11.6. The van der Waals surface area contributed by atoms with E-state index in [0.29, 0.717) is 6.42 Å². The lowest BCUT2D eigenvalue weighted by molar-refractivity contribution is -0.119. The summed E-state index contributed by atoms with van der Waals surface area (Å²) in [5, 5.41) is 2.83. The number of aliphatic imine (C=N–C) groups is 1. The van der Waals surface area contributed by atoms with Gasteiger partial charge in [0, 0.05) is 6.42 Å². The first-order chi connectivity index (χ1) is 8.78. The molecule has 0 spiro atoms. The summed E-state index contributed by atoms with van der Waals surface area (Å²) in [6, 6.07) is 0. The number of thioether (sulfide) groups is 1. The van der Waals surface area contributed by atoms with Gasteiger partial charge in [-0.15, -0.1) is 6.58 Å². The Morgan fingerprint density at radius 3 is 2.53 bits per heavy atom. The summed E-state index contributed by atoms with van der Waals surface area (Å²) in [5.74, 6) is -0.168. The van der Waals surface area contributed by atoms with Crippen LogP contribution >= 0.6 is 11.8 Å². The molecular formula is C13H22N2O3S. The molecule has 0 aliphatic carbocycles. The van der Waals surface area contributed by atoms with Crippen molar-refractivity contribution in [2.45, 2.75) is 45.6 Å². The smallest absolute Gasteiger partial charge is 0.436 e. The van der Waals surface area contributed by atoms with E-state index in [4.69, 9.17) is 4.74 Å². The summed E-state index contributed by atoms with van der Waals surface area (Å²) in [5.41, 5.74) is -0.599. The van der Waals surface area contributed by atoms with E-state index >= 15 is 0 Å². The number of rotatable bonds is 4. The third-order valence-corrected chi connectivity index (χ3v) is 2.42. The van der Waals surface area contributed by atoms with Crippen LogP contribution in [0.4, 0.5) is 4.79 Å². The Labute approximate surface area is 118 Å². The zero-order valence-corrected chi connectivity index (χ0v) is 12.8. The minimum absolute atomic E-state index is 0.168. The van der Waals surface area contributed by atoms with E-state index < -0.39 is 11.7 Å². The number of amides is 2. The Balaban J connectivity index is 4.36. The van der Waals surface area contributed by atoms with E-state index in [9.17, 15) is 9.59 Å². The van der Waals surface area contributed by atoms with Gasteiger partial charge in [-0.2, -0.15) is 4.99 Å². The number of amidine groups is 1. The van der Waals surface area contributed by atoms with Crippen LogP contribution in [0.1, 0.15) is 40.0 Å². The predicted molar refractivity (Wildman–Crippen MR) is 79.4 cm³/mol. The topological polar surface area (TPSA) is 67.8 Å². The van der Waals surface area contributed by atoms with Gasteiger partial charge in [-0.05, 0) is 39.9 Å². The molecule has 108 valence electrons. The van der Waals surface area contributed by atoms with Crippen molar-refractivity contribution in [2.75, 3.05) is 6.26 Å². The van der Waals surface area contributed by atoms with Gasteiger partial charge in [0.15, 0.2) is 5.17 Å². The number of nitrogens with one attached hydrogen (secondary N) is 1. The Morgan fingerprint density at radius 2 is 2.05 bits per heavy atom. The first-order valence-electron chi connectivity index (χ1n) is 6.05. The van der Waals surface area contributed by atoms with E-state index in [0.717, 1.165) is 12.8 Å². The highest BCUT2D eigenvalue weighted by Gasteiger charge is 2.16. The zero-order valence-electron chi connectivity index (χ0n) is 12.0. The van der Waals surface area contributed by atoms with Crippen LogP contribution in [0.25, 0.3) is 0 Å². The number of carbonyl (C=O) groups excluding carboxylic acids is 2. The number of hydrogen-bond donors (Lipinski definition) is 1. The molecule has 0 heterocycles. The summed E-state index contributed by atoms with van der Waals surface area (Å²) in [4.78, 5) is 26.8. The van der Waals surface area contributed by atoms with E-state index in [1.165, 1.54) is 11.8 Å². The summed E-state index contributed by atoms with van der Waals surface area (Å²) in [6.07, 6.45) is 4.67. The van der Waals surface area contributed by atoms with Crippen molar-refractivity contribution in [2.24, 2.45) is 4.99 Å². The van der Waals surface area contributed by atoms with Crippen molar-refractivity contribution in [1.29, 1.82) is 0 Å². The van der Waals surface area contributed by atoms with Crippen molar-refractivity contribution in [3.05, 3.63) is 12.7 Å². The minimum atomic E-state index is -0.705. The summed E-state index contributed by atoms with van der Waals surface area (Å²) >= 11 is 1.19. The third kappa shape index (κ3) is 10.3. The Kier molecular flexibility index (Phi) is 8.14. The van der Waals surface area contributed by atoms with Crippen LogP contribution in [-0.2, 0) is 9.53 Å². The number of hydrogen-bond acceptors (Lipinski definition) is 4. The van der Waals surface area contributed by atoms with Crippen LogP contribution in [-0.4, -0.2) is 29.0 Å². The van der Waals surface area contributed by atoms with Crippen LogP contribution in [0.5, 0.6) is 0 Å². The lowest BCUT2D eigenvalue weighted by Crippen LogP contribution is -2.30. The lowest BCUT2D eigenvalue weighted by Gasteiger charge is -2.17. The van der Waals surface area contributed by atoms with Crippen molar-refractivity contribution in [3.63, 3.8) is 0 Å². The van der Waals surface area contributed by atoms with Gasteiger partial charge in [-0.25, -0.2) is 4.79 Å². The molecule has 0 aromatic heterocycles. The minimum Gasteiger partial charge on any atom is -0.442 e. The highest BCUT2D eigenvalue weighted by atomic mass is 32.2. The fourth-order valence-electron chi connectivity index (χ4n) is 1.08. The van der Waals surface area contributed by atoms with Crippen LogP contribution in [0.3, 0.4) is 0 Å². The second kappa shape index (κ2) is 8.74. The number of unbranched alkanes of at least 4 members (excludes halogenated alkanes) is 1. The number of ether oxygens (including phenoxy) is 1. The van der Waals surface area contributed by atoms with Gasteiger partial charge in [0.2, 0.25) is 5.91 Å². The molecule has 1 N–H and O–H groups in total. The summed E-state index contributed by atoms with van der Waals surface area (Å²) in [7, 11) is 0. The maximum atomic E-state index is 11.6. The highest BCUT2D eigenvalue weighted by Crippen LogP contribution is 2.09. The molecule has 0 atom stereocenters. The number of allylic oxidation sites excluding steroid dienone is 1. The molecule has 0 unspecified atom stereocenters. The number of nitrogens with zero attached hydrogens (tertiary/aromatic N) is 1. The predicted octanol–water partition coefficient (Wildman–Crippen LogP) is 3.11. The fraction of sp³-hybridized carbons (Fsp3) is 0.615. The van der Waals surface area contributed by atoms with E-state index in [-0.39, 0.29) is 11.1 Å². The zero-order chi connectivity index (χ0) is 14.9. The standard InChI is InChI=1S/C13H22N2O3S/c1-6-7-8-9-10(16)14-11(19-5)15-12(17)18-13(2,3)4/h6H,1,7-9H2,2-5H3,(H,14,15,16,17). The van der Waals surface area contributed by atoms with Crippen LogP contribution < -0.4 is 5.32 Å². The second-order valence-corrected chi connectivity index (χ2v) is 5.63. The highest BCUT2D eigenvalue weighted by molar-refractivity contribution is 8.13. The van der Waals surface area contributed by atoms with Crippen molar-refractivity contribution >= 4 is 28.9 Å². The molecule has 6 heteroatoms. The molecule has 0 aromatic rings. The first kappa shape index (κ1) is 17.7. The van der Waals surface area contributed by atoms with Crippen LogP contribution in [0, 0.1) is 0 Å². The fourth-order valence-corrected chi connectivity index (χ4v) is 1.46. The van der Waals surface area contributed by atoms with E-state index in [2.05, 4.69) is 16.9 Å². The molecule has 0 fully saturated rings. The van der Waals surface area contributed by atoms with Gasteiger partial charge in [-0.1, -0.05) is 17.8 Å².